The Morgan fingerprint density at radius 2 is 2.33 bits per heavy atom. The van der Waals surface area contributed by atoms with E-state index in [0.29, 0.717) is 11.4 Å². The van der Waals surface area contributed by atoms with E-state index in [2.05, 4.69) is 20.5 Å². The van der Waals surface area contributed by atoms with Crippen molar-refractivity contribution in [3.05, 3.63) is 46.4 Å². The number of rotatable bonds is 3. The third-order valence-electron chi connectivity index (χ3n) is 2.56. The van der Waals surface area contributed by atoms with Crippen LogP contribution in [0.1, 0.15) is 29.1 Å². The highest BCUT2D eigenvalue weighted by Crippen LogP contribution is 2.05. The van der Waals surface area contributed by atoms with Gasteiger partial charge in [-0.15, -0.1) is 0 Å². The van der Waals surface area contributed by atoms with Crippen molar-refractivity contribution in [1.82, 2.24) is 25.1 Å². The first-order chi connectivity index (χ1) is 8.58. The van der Waals surface area contributed by atoms with Gasteiger partial charge in [0.25, 0.3) is 11.5 Å². The van der Waals surface area contributed by atoms with Gasteiger partial charge < -0.3 is 9.88 Å². The minimum Gasteiger partial charge on any atom is -0.342 e. The SMILES string of the molecule is CC(NC(=O)c1ccn(C)c(=O)c1)c1ncn[nH]1. The first-order valence-corrected chi connectivity index (χ1v) is 5.40. The van der Waals surface area contributed by atoms with Crippen molar-refractivity contribution >= 4 is 5.91 Å². The first kappa shape index (κ1) is 12.0. The number of aromatic amines is 1. The van der Waals surface area contributed by atoms with Crippen LogP contribution in [-0.4, -0.2) is 25.7 Å². The molecule has 0 aliphatic rings. The fourth-order valence-electron chi connectivity index (χ4n) is 1.46. The van der Waals surface area contributed by atoms with Gasteiger partial charge in [0.2, 0.25) is 0 Å². The van der Waals surface area contributed by atoms with Gasteiger partial charge in [0.05, 0.1) is 6.04 Å². The zero-order valence-electron chi connectivity index (χ0n) is 10.0. The average Bonchev–Trinajstić information content (AvgIpc) is 2.86. The van der Waals surface area contributed by atoms with Gasteiger partial charge in [0.1, 0.15) is 12.2 Å². The van der Waals surface area contributed by atoms with Crippen LogP contribution in [0.3, 0.4) is 0 Å². The number of hydrogen-bond donors (Lipinski definition) is 2. The molecular formula is C11H13N5O2. The number of aryl methyl sites for hydroxylation is 1. The van der Waals surface area contributed by atoms with Gasteiger partial charge in [-0.25, -0.2) is 4.98 Å². The van der Waals surface area contributed by atoms with E-state index in [1.807, 2.05) is 0 Å². The Morgan fingerprint density at radius 3 is 2.94 bits per heavy atom. The summed E-state index contributed by atoms with van der Waals surface area (Å²) in [5.41, 5.74) is 0.0967. The summed E-state index contributed by atoms with van der Waals surface area (Å²) in [6, 6.07) is 2.58. The maximum atomic E-state index is 11.9. The van der Waals surface area contributed by atoms with E-state index in [0.717, 1.165) is 0 Å². The number of nitrogens with one attached hydrogen (secondary N) is 2. The molecule has 18 heavy (non-hydrogen) atoms. The Bertz CT molecular complexity index is 602. The molecule has 0 saturated carbocycles. The van der Waals surface area contributed by atoms with E-state index in [1.165, 1.54) is 17.0 Å². The lowest BCUT2D eigenvalue weighted by Crippen LogP contribution is -2.29. The molecule has 94 valence electrons. The highest BCUT2D eigenvalue weighted by Gasteiger charge is 2.13. The van der Waals surface area contributed by atoms with Crippen LogP contribution in [0.25, 0.3) is 0 Å². The van der Waals surface area contributed by atoms with Crippen molar-refractivity contribution < 1.29 is 4.79 Å². The van der Waals surface area contributed by atoms with Crippen molar-refractivity contribution in [3.63, 3.8) is 0 Å². The fraction of sp³-hybridized carbons (Fsp3) is 0.273. The Hall–Kier alpha value is -2.44. The van der Waals surface area contributed by atoms with Crippen LogP contribution in [0.2, 0.25) is 0 Å². The van der Waals surface area contributed by atoms with E-state index in [4.69, 9.17) is 0 Å². The Morgan fingerprint density at radius 1 is 1.56 bits per heavy atom. The van der Waals surface area contributed by atoms with E-state index in [-0.39, 0.29) is 17.5 Å². The van der Waals surface area contributed by atoms with Gasteiger partial charge in [-0.3, -0.25) is 14.7 Å². The zero-order valence-corrected chi connectivity index (χ0v) is 10.0. The molecule has 0 radical (unpaired) electrons. The first-order valence-electron chi connectivity index (χ1n) is 5.40. The van der Waals surface area contributed by atoms with Crippen LogP contribution in [0, 0.1) is 0 Å². The predicted octanol–water partition coefficient (Wildman–Crippen LogP) is -0.00560. The molecule has 0 fully saturated rings. The lowest BCUT2D eigenvalue weighted by molar-refractivity contribution is 0.0938. The summed E-state index contributed by atoms with van der Waals surface area (Å²) >= 11 is 0. The average molecular weight is 247 g/mol. The van der Waals surface area contributed by atoms with Crippen LogP contribution < -0.4 is 10.9 Å². The van der Waals surface area contributed by atoms with Gasteiger partial charge in [0.15, 0.2) is 0 Å². The van der Waals surface area contributed by atoms with Gasteiger partial charge >= 0.3 is 0 Å². The third-order valence-corrected chi connectivity index (χ3v) is 2.56. The maximum absolute atomic E-state index is 11.9. The van der Waals surface area contributed by atoms with Crippen LogP contribution >= 0.6 is 0 Å². The second-order valence-corrected chi connectivity index (χ2v) is 3.93. The molecule has 0 spiro atoms. The lowest BCUT2D eigenvalue weighted by Gasteiger charge is -2.10. The van der Waals surface area contributed by atoms with E-state index < -0.39 is 0 Å². The molecule has 2 aromatic rings. The number of pyridine rings is 1. The molecule has 1 atom stereocenters. The molecule has 1 unspecified atom stereocenters. The summed E-state index contributed by atoms with van der Waals surface area (Å²) in [5, 5.41) is 9.11. The maximum Gasteiger partial charge on any atom is 0.252 e. The Balaban J connectivity index is 2.12. The van der Waals surface area contributed by atoms with Gasteiger partial charge in [-0.2, -0.15) is 5.10 Å². The summed E-state index contributed by atoms with van der Waals surface area (Å²) < 4.78 is 1.40. The lowest BCUT2D eigenvalue weighted by atomic mass is 10.2. The Kier molecular flexibility index (Phi) is 3.22. The number of carbonyl (C=O) groups is 1. The molecular weight excluding hydrogens is 234 g/mol. The molecule has 0 bridgehead atoms. The van der Waals surface area contributed by atoms with E-state index >= 15 is 0 Å². The minimum atomic E-state index is -0.323. The molecule has 7 nitrogen and oxygen atoms in total. The summed E-state index contributed by atoms with van der Waals surface area (Å²) in [4.78, 5) is 27.3. The summed E-state index contributed by atoms with van der Waals surface area (Å²) in [5.74, 6) is 0.240. The normalized spacial score (nSPS) is 12.1. The van der Waals surface area contributed by atoms with Gasteiger partial charge in [0, 0.05) is 24.9 Å². The van der Waals surface area contributed by atoms with E-state index in [1.54, 1.807) is 26.2 Å². The largest absolute Gasteiger partial charge is 0.342 e. The Labute approximate surface area is 103 Å². The van der Waals surface area contributed by atoms with Crippen LogP contribution in [0.15, 0.2) is 29.5 Å². The highest BCUT2D eigenvalue weighted by molar-refractivity contribution is 5.94. The van der Waals surface area contributed by atoms with Crippen LogP contribution in [0.4, 0.5) is 0 Å². The molecule has 7 heteroatoms. The molecule has 2 heterocycles. The zero-order chi connectivity index (χ0) is 13.1. The monoisotopic (exact) mass is 247 g/mol. The molecule has 0 aliphatic heterocycles. The molecule has 0 aromatic carbocycles. The second-order valence-electron chi connectivity index (χ2n) is 3.93. The smallest absolute Gasteiger partial charge is 0.252 e. The van der Waals surface area contributed by atoms with Crippen molar-refractivity contribution in [2.45, 2.75) is 13.0 Å². The summed E-state index contributed by atoms with van der Waals surface area (Å²) in [6.45, 7) is 1.78. The predicted molar refractivity (Wildman–Crippen MR) is 63.9 cm³/mol. The number of aromatic nitrogens is 4. The standard InChI is InChI=1S/C11H13N5O2/c1-7(10-12-6-13-15-10)14-11(18)8-3-4-16(2)9(17)5-8/h3-7H,1-2H3,(H,14,18)(H,12,13,15). The second kappa shape index (κ2) is 4.82. The number of amides is 1. The number of H-pyrrole nitrogens is 1. The van der Waals surface area contributed by atoms with Crippen LogP contribution in [0.5, 0.6) is 0 Å². The fourth-order valence-corrected chi connectivity index (χ4v) is 1.46. The van der Waals surface area contributed by atoms with Gasteiger partial charge in [-0.05, 0) is 13.0 Å². The van der Waals surface area contributed by atoms with Crippen LogP contribution in [-0.2, 0) is 7.05 Å². The quantitative estimate of drug-likeness (QED) is 0.798. The molecule has 1 amide bonds. The number of carbonyl (C=O) groups excluding carboxylic acids is 1. The van der Waals surface area contributed by atoms with Crippen molar-refractivity contribution in [2.24, 2.45) is 7.05 Å². The topological polar surface area (TPSA) is 92.7 Å². The van der Waals surface area contributed by atoms with Crippen molar-refractivity contribution in [3.8, 4) is 0 Å². The summed E-state index contributed by atoms with van der Waals surface area (Å²) in [7, 11) is 1.63. The van der Waals surface area contributed by atoms with Crippen molar-refractivity contribution in [1.29, 1.82) is 0 Å². The number of hydrogen-bond acceptors (Lipinski definition) is 4. The van der Waals surface area contributed by atoms with Gasteiger partial charge in [-0.1, -0.05) is 0 Å². The number of nitrogens with zero attached hydrogens (tertiary/aromatic N) is 3. The highest BCUT2D eigenvalue weighted by atomic mass is 16.2. The molecule has 0 saturated heterocycles. The molecule has 0 aliphatic carbocycles. The molecule has 2 aromatic heterocycles. The minimum absolute atomic E-state index is 0.227. The summed E-state index contributed by atoms with van der Waals surface area (Å²) in [6.07, 6.45) is 2.92. The van der Waals surface area contributed by atoms with E-state index in [9.17, 15) is 9.59 Å². The third kappa shape index (κ3) is 2.45. The van der Waals surface area contributed by atoms with Crippen molar-refractivity contribution in [2.75, 3.05) is 0 Å². The molecule has 2 N–H and O–H groups in total. The molecule has 2 rings (SSSR count).